The number of rotatable bonds is 8. The second-order valence-electron chi connectivity index (χ2n) is 14.4. The van der Waals surface area contributed by atoms with Gasteiger partial charge in [-0.05, 0) is 71.8 Å². The number of anilines is 3. The molecule has 0 saturated carbocycles. The third-order valence-corrected chi connectivity index (χ3v) is 10.1. The van der Waals surface area contributed by atoms with E-state index < -0.39 is 0 Å². The Hall–Kier alpha value is -6.66. The van der Waals surface area contributed by atoms with E-state index in [9.17, 15) is 0 Å². The molecule has 6 heteroatoms. The van der Waals surface area contributed by atoms with Gasteiger partial charge in [0.15, 0.2) is 5.82 Å². The van der Waals surface area contributed by atoms with Crippen molar-refractivity contribution in [1.82, 2.24) is 24.9 Å². The van der Waals surface area contributed by atoms with Crippen molar-refractivity contribution in [3.8, 4) is 33.9 Å². The lowest BCUT2D eigenvalue weighted by Crippen LogP contribution is -2.12. The molecule has 0 aliphatic carbocycles. The number of benzene rings is 5. The molecule has 4 heterocycles. The largest absolute Gasteiger partial charge is 0.354 e. The molecule has 0 fully saturated rings. The third-order valence-electron chi connectivity index (χ3n) is 10.1. The summed E-state index contributed by atoms with van der Waals surface area (Å²) < 4.78 is 0. The van der Waals surface area contributed by atoms with E-state index in [0.717, 1.165) is 73.1 Å². The summed E-state index contributed by atoms with van der Waals surface area (Å²) in [5.74, 6) is 2.06. The zero-order valence-corrected chi connectivity index (χ0v) is 30.8. The zero-order chi connectivity index (χ0) is 36.8. The number of nitrogens with one attached hydrogen (secondary N) is 1. The summed E-state index contributed by atoms with van der Waals surface area (Å²) in [6.07, 6.45) is 1.84. The van der Waals surface area contributed by atoms with Crippen LogP contribution >= 0.6 is 0 Å². The van der Waals surface area contributed by atoms with Crippen molar-refractivity contribution >= 4 is 49.8 Å². The summed E-state index contributed by atoms with van der Waals surface area (Å²) in [6, 6.07) is 50.9. The van der Waals surface area contributed by atoms with Gasteiger partial charge < -0.3 is 4.98 Å². The topological polar surface area (TPSA) is 70.6 Å². The Morgan fingerprint density at radius 2 is 1.22 bits per heavy atom. The van der Waals surface area contributed by atoms with Crippen LogP contribution in [-0.2, 0) is 0 Å². The minimum atomic E-state index is 0.258. The minimum Gasteiger partial charge on any atom is -0.354 e. The summed E-state index contributed by atoms with van der Waals surface area (Å²) in [6.45, 7) is 8.74. The van der Waals surface area contributed by atoms with Gasteiger partial charge in [-0.1, -0.05) is 119 Å². The molecule has 1 N–H and O–H groups in total. The van der Waals surface area contributed by atoms with Crippen LogP contribution in [0.25, 0.3) is 66.5 Å². The maximum absolute atomic E-state index is 5.42. The fourth-order valence-corrected chi connectivity index (χ4v) is 7.33. The van der Waals surface area contributed by atoms with Crippen LogP contribution in [0.5, 0.6) is 0 Å². The molecule has 9 aromatic rings. The molecular weight excluding hydrogens is 661 g/mol. The van der Waals surface area contributed by atoms with Gasteiger partial charge >= 0.3 is 0 Å². The van der Waals surface area contributed by atoms with Crippen LogP contribution in [0, 0.1) is 0 Å². The van der Waals surface area contributed by atoms with E-state index >= 15 is 0 Å². The summed E-state index contributed by atoms with van der Waals surface area (Å²) in [4.78, 5) is 26.5. The van der Waals surface area contributed by atoms with E-state index in [2.05, 4.69) is 171 Å². The van der Waals surface area contributed by atoms with Crippen LogP contribution in [0.3, 0.4) is 0 Å². The molecule has 0 aliphatic heterocycles. The number of hydrogen-bond acceptors (Lipinski definition) is 5. The molecule has 0 radical (unpaired) electrons. The highest BCUT2D eigenvalue weighted by atomic mass is 15.2. The second kappa shape index (κ2) is 13.7. The van der Waals surface area contributed by atoms with Gasteiger partial charge in [-0.15, -0.1) is 0 Å². The quantitative estimate of drug-likeness (QED) is 0.171. The fraction of sp³-hybridized carbons (Fsp3) is 0.125. The molecule has 54 heavy (non-hydrogen) atoms. The van der Waals surface area contributed by atoms with E-state index in [1.54, 1.807) is 0 Å². The Morgan fingerprint density at radius 1 is 0.537 bits per heavy atom. The Labute approximate surface area is 315 Å². The standard InChI is InChI=1S/C48H40N6/c1-30(2)41-29-42(31(3)4)53-48(52-41)34-27-43(50-44(28-34)39-21-13-20-38-37-19-7-8-22-40(37)51-47(38)39)33-16-11-17-35(26-33)54(46-24-9-10-25-49-46)45-23-12-15-32-14-5-6-18-36(32)45/h5-31,51H,1-4H3. The first-order valence-corrected chi connectivity index (χ1v) is 18.6. The van der Waals surface area contributed by atoms with Crippen molar-refractivity contribution in [2.24, 2.45) is 0 Å². The molecule has 5 aromatic carbocycles. The maximum atomic E-state index is 5.42. The number of pyridine rings is 2. The Kier molecular flexibility index (Phi) is 8.43. The summed E-state index contributed by atoms with van der Waals surface area (Å²) in [5.41, 5.74) is 10.9. The van der Waals surface area contributed by atoms with Crippen LogP contribution < -0.4 is 4.90 Å². The Balaban J connectivity index is 1.27. The van der Waals surface area contributed by atoms with Crippen molar-refractivity contribution in [1.29, 1.82) is 0 Å². The molecule has 0 aliphatic rings. The average molecular weight is 701 g/mol. The van der Waals surface area contributed by atoms with Crippen molar-refractivity contribution in [3.63, 3.8) is 0 Å². The first-order valence-electron chi connectivity index (χ1n) is 18.6. The summed E-state index contributed by atoms with van der Waals surface area (Å²) in [5, 5.41) is 4.67. The lowest BCUT2D eigenvalue weighted by molar-refractivity contribution is 0.771. The highest BCUT2D eigenvalue weighted by Crippen LogP contribution is 2.40. The maximum Gasteiger partial charge on any atom is 0.159 e. The SMILES string of the molecule is CC(C)c1cc(C(C)C)nc(-c2cc(-c3cccc(N(c4ccccn4)c4cccc5ccccc45)c3)nc(-c3cccc4c3[nH]c3ccccc34)c2)n1. The van der Waals surface area contributed by atoms with Gasteiger partial charge in [0.2, 0.25) is 0 Å². The van der Waals surface area contributed by atoms with E-state index in [1.807, 2.05) is 18.3 Å². The van der Waals surface area contributed by atoms with Gasteiger partial charge in [-0.2, -0.15) is 0 Å². The Morgan fingerprint density at radius 3 is 2.02 bits per heavy atom. The number of aromatic amines is 1. The smallest absolute Gasteiger partial charge is 0.159 e. The second-order valence-corrected chi connectivity index (χ2v) is 14.4. The lowest BCUT2D eigenvalue weighted by Gasteiger charge is -2.26. The van der Waals surface area contributed by atoms with Crippen molar-refractivity contribution in [2.75, 3.05) is 4.90 Å². The number of nitrogens with zero attached hydrogens (tertiary/aromatic N) is 5. The minimum absolute atomic E-state index is 0.258. The molecule has 0 bridgehead atoms. The van der Waals surface area contributed by atoms with E-state index in [1.165, 1.54) is 16.2 Å². The van der Waals surface area contributed by atoms with Crippen LogP contribution in [0.2, 0.25) is 0 Å². The normalized spacial score (nSPS) is 11.7. The van der Waals surface area contributed by atoms with E-state index in [-0.39, 0.29) is 11.8 Å². The molecule has 4 aromatic heterocycles. The molecule has 0 amide bonds. The molecule has 0 spiro atoms. The molecule has 6 nitrogen and oxygen atoms in total. The predicted molar refractivity (Wildman–Crippen MR) is 224 cm³/mol. The van der Waals surface area contributed by atoms with Gasteiger partial charge in [0.05, 0.1) is 22.6 Å². The highest BCUT2D eigenvalue weighted by Gasteiger charge is 2.20. The van der Waals surface area contributed by atoms with Crippen LogP contribution in [0.15, 0.2) is 152 Å². The van der Waals surface area contributed by atoms with Gasteiger partial charge in [0.25, 0.3) is 0 Å². The van der Waals surface area contributed by atoms with Crippen LogP contribution in [0.1, 0.15) is 50.9 Å². The first kappa shape index (κ1) is 33.2. The number of para-hydroxylation sites is 2. The fourth-order valence-electron chi connectivity index (χ4n) is 7.33. The van der Waals surface area contributed by atoms with Gasteiger partial charge in [0.1, 0.15) is 5.82 Å². The number of aromatic nitrogens is 5. The average Bonchev–Trinajstić information content (AvgIpc) is 3.60. The first-order chi connectivity index (χ1) is 26.4. The summed E-state index contributed by atoms with van der Waals surface area (Å²) >= 11 is 0. The lowest BCUT2D eigenvalue weighted by atomic mass is 10.0. The molecule has 0 atom stereocenters. The predicted octanol–water partition coefficient (Wildman–Crippen LogP) is 12.8. The zero-order valence-electron chi connectivity index (χ0n) is 30.8. The molecule has 0 unspecified atom stereocenters. The van der Waals surface area contributed by atoms with Crippen molar-refractivity contribution in [3.05, 3.63) is 163 Å². The van der Waals surface area contributed by atoms with Gasteiger partial charge in [0, 0.05) is 61.6 Å². The third kappa shape index (κ3) is 6.05. The molecule has 262 valence electrons. The van der Waals surface area contributed by atoms with Crippen LogP contribution in [-0.4, -0.2) is 24.9 Å². The number of hydrogen-bond donors (Lipinski definition) is 1. The highest BCUT2D eigenvalue weighted by molar-refractivity contribution is 6.11. The number of fused-ring (bicyclic) bond motifs is 4. The summed E-state index contributed by atoms with van der Waals surface area (Å²) in [7, 11) is 0. The van der Waals surface area contributed by atoms with E-state index in [0.29, 0.717) is 5.82 Å². The molecule has 9 rings (SSSR count). The van der Waals surface area contributed by atoms with Crippen molar-refractivity contribution in [2.45, 2.75) is 39.5 Å². The van der Waals surface area contributed by atoms with Gasteiger partial charge in [-0.3, -0.25) is 4.90 Å². The monoisotopic (exact) mass is 700 g/mol. The molecular formula is C48H40N6. The van der Waals surface area contributed by atoms with Gasteiger partial charge in [-0.25, -0.2) is 19.9 Å². The molecule has 0 saturated heterocycles. The van der Waals surface area contributed by atoms with Crippen molar-refractivity contribution < 1.29 is 0 Å². The Bertz CT molecular complexity index is 2770. The van der Waals surface area contributed by atoms with E-state index in [4.69, 9.17) is 19.9 Å². The number of H-pyrrole nitrogens is 1. The van der Waals surface area contributed by atoms with Crippen LogP contribution in [0.4, 0.5) is 17.2 Å².